The molecule has 1 aliphatic carbocycles. The van der Waals surface area contributed by atoms with Crippen LogP contribution >= 0.6 is 0 Å². The Morgan fingerprint density at radius 3 is 2.33 bits per heavy atom. The molecule has 0 amide bonds. The Hall–Kier alpha value is -0.0400. The van der Waals surface area contributed by atoms with Gasteiger partial charge in [0.1, 0.15) is 0 Å². The number of nitrogens with one attached hydrogen (secondary N) is 1. The molecular weight excluding hydrogens is 182 g/mol. The van der Waals surface area contributed by atoms with Crippen LogP contribution in [-0.4, -0.2) is 12.6 Å². The molecule has 0 saturated heterocycles. The molecule has 0 unspecified atom stereocenters. The van der Waals surface area contributed by atoms with Crippen LogP contribution in [0.1, 0.15) is 65.7 Å². The molecule has 1 N–H and O–H groups in total. The van der Waals surface area contributed by atoms with E-state index in [1.807, 2.05) is 0 Å². The van der Waals surface area contributed by atoms with Crippen LogP contribution in [0.25, 0.3) is 0 Å². The Kier molecular flexibility index (Phi) is 6.31. The first kappa shape index (κ1) is 13.0. The first-order chi connectivity index (χ1) is 7.20. The fraction of sp³-hybridized carbons (Fsp3) is 1.00. The van der Waals surface area contributed by atoms with Gasteiger partial charge in [-0.3, -0.25) is 0 Å². The largest absolute Gasteiger partial charge is 0.314 e. The van der Waals surface area contributed by atoms with Crippen LogP contribution in [0.5, 0.6) is 0 Å². The second-order valence-corrected chi connectivity index (χ2v) is 5.68. The zero-order valence-electron chi connectivity index (χ0n) is 10.9. The molecule has 0 aromatic rings. The fourth-order valence-electron chi connectivity index (χ4n) is 2.64. The van der Waals surface area contributed by atoms with Crippen molar-refractivity contribution in [1.29, 1.82) is 0 Å². The van der Waals surface area contributed by atoms with Crippen LogP contribution in [-0.2, 0) is 0 Å². The lowest BCUT2D eigenvalue weighted by atomic mass is 9.84. The summed E-state index contributed by atoms with van der Waals surface area (Å²) in [6, 6.07) is 0.748. The summed E-state index contributed by atoms with van der Waals surface area (Å²) >= 11 is 0. The highest BCUT2D eigenvalue weighted by Gasteiger charge is 2.18. The van der Waals surface area contributed by atoms with Crippen LogP contribution in [0, 0.1) is 11.8 Å². The summed E-state index contributed by atoms with van der Waals surface area (Å²) in [6.45, 7) is 8.22. The van der Waals surface area contributed by atoms with Crippen LogP contribution in [0.3, 0.4) is 0 Å². The van der Waals surface area contributed by atoms with Gasteiger partial charge in [0, 0.05) is 6.04 Å². The Morgan fingerprint density at radius 2 is 1.73 bits per heavy atom. The van der Waals surface area contributed by atoms with Crippen LogP contribution in [0.4, 0.5) is 0 Å². The van der Waals surface area contributed by atoms with Gasteiger partial charge in [-0.2, -0.15) is 0 Å². The minimum atomic E-state index is 0.748. The van der Waals surface area contributed by atoms with Crippen molar-refractivity contribution in [2.45, 2.75) is 71.8 Å². The van der Waals surface area contributed by atoms with Gasteiger partial charge in [0.05, 0.1) is 0 Å². The van der Waals surface area contributed by atoms with Crippen LogP contribution < -0.4 is 5.32 Å². The molecule has 1 saturated carbocycles. The summed E-state index contributed by atoms with van der Waals surface area (Å²) in [5.41, 5.74) is 0. The molecule has 0 aromatic carbocycles. The molecule has 1 heteroatoms. The molecule has 1 atom stereocenters. The average molecular weight is 211 g/mol. The van der Waals surface area contributed by atoms with Gasteiger partial charge in [-0.1, -0.05) is 33.1 Å². The maximum Gasteiger partial charge on any atom is 0.00669 e. The minimum Gasteiger partial charge on any atom is -0.314 e. The standard InChI is InChI=1S/C14H29N/c1-12(2)8-7-11-15-13(3)14-9-5-4-6-10-14/h12-15H,4-11H2,1-3H3/t13-/m0/s1. The molecule has 1 aliphatic rings. The van der Waals surface area contributed by atoms with E-state index in [1.165, 1.54) is 51.5 Å². The molecule has 15 heavy (non-hydrogen) atoms. The lowest BCUT2D eigenvalue weighted by Gasteiger charge is -2.28. The number of rotatable bonds is 6. The van der Waals surface area contributed by atoms with E-state index >= 15 is 0 Å². The van der Waals surface area contributed by atoms with Crippen molar-refractivity contribution < 1.29 is 0 Å². The molecule has 0 bridgehead atoms. The van der Waals surface area contributed by atoms with Gasteiger partial charge in [0.2, 0.25) is 0 Å². The van der Waals surface area contributed by atoms with Crippen molar-refractivity contribution in [3.8, 4) is 0 Å². The predicted octanol–water partition coefficient (Wildman–Crippen LogP) is 3.98. The van der Waals surface area contributed by atoms with Crippen molar-refractivity contribution in [3.63, 3.8) is 0 Å². The zero-order chi connectivity index (χ0) is 11.1. The molecule has 90 valence electrons. The van der Waals surface area contributed by atoms with Gasteiger partial charge in [-0.05, 0) is 51.0 Å². The molecule has 0 radical (unpaired) electrons. The summed E-state index contributed by atoms with van der Waals surface area (Å²) < 4.78 is 0. The van der Waals surface area contributed by atoms with Gasteiger partial charge >= 0.3 is 0 Å². The maximum absolute atomic E-state index is 3.71. The average Bonchev–Trinajstić information content (AvgIpc) is 2.25. The van der Waals surface area contributed by atoms with Gasteiger partial charge in [-0.15, -0.1) is 0 Å². The monoisotopic (exact) mass is 211 g/mol. The topological polar surface area (TPSA) is 12.0 Å². The van der Waals surface area contributed by atoms with Crippen molar-refractivity contribution >= 4 is 0 Å². The van der Waals surface area contributed by atoms with E-state index in [4.69, 9.17) is 0 Å². The lowest BCUT2D eigenvalue weighted by Crippen LogP contribution is -2.35. The summed E-state index contributed by atoms with van der Waals surface area (Å²) in [5, 5.41) is 3.71. The molecule has 0 spiro atoms. The first-order valence-electron chi connectivity index (χ1n) is 6.93. The quantitative estimate of drug-likeness (QED) is 0.655. The fourth-order valence-corrected chi connectivity index (χ4v) is 2.64. The molecule has 0 heterocycles. The van der Waals surface area contributed by atoms with Gasteiger partial charge < -0.3 is 5.32 Å². The minimum absolute atomic E-state index is 0.748. The van der Waals surface area contributed by atoms with Crippen molar-refractivity contribution in [1.82, 2.24) is 5.32 Å². The summed E-state index contributed by atoms with van der Waals surface area (Å²) in [6.07, 6.45) is 10.0. The van der Waals surface area contributed by atoms with Gasteiger partial charge in [-0.25, -0.2) is 0 Å². The second kappa shape index (κ2) is 7.27. The highest BCUT2D eigenvalue weighted by Crippen LogP contribution is 2.26. The Labute approximate surface area is 96.0 Å². The maximum atomic E-state index is 3.71. The van der Waals surface area contributed by atoms with E-state index in [0.717, 1.165) is 17.9 Å². The molecule has 1 rings (SSSR count). The summed E-state index contributed by atoms with van der Waals surface area (Å²) in [7, 11) is 0. The van der Waals surface area contributed by atoms with E-state index in [-0.39, 0.29) is 0 Å². The second-order valence-electron chi connectivity index (χ2n) is 5.68. The SMILES string of the molecule is CC(C)CCCN[C@@H](C)C1CCCCC1. The third-order valence-electron chi connectivity index (χ3n) is 3.78. The molecule has 1 fully saturated rings. The van der Waals surface area contributed by atoms with E-state index in [0.29, 0.717) is 0 Å². The zero-order valence-corrected chi connectivity index (χ0v) is 10.9. The Balaban J connectivity index is 2.04. The highest BCUT2D eigenvalue weighted by atomic mass is 14.9. The van der Waals surface area contributed by atoms with E-state index in [2.05, 4.69) is 26.1 Å². The Morgan fingerprint density at radius 1 is 1.07 bits per heavy atom. The van der Waals surface area contributed by atoms with Crippen molar-refractivity contribution in [2.75, 3.05) is 6.54 Å². The van der Waals surface area contributed by atoms with Crippen LogP contribution in [0.15, 0.2) is 0 Å². The molecule has 0 aliphatic heterocycles. The molecule has 1 nitrogen and oxygen atoms in total. The number of hydrogen-bond acceptors (Lipinski definition) is 1. The van der Waals surface area contributed by atoms with Gasteiger partial charge in [0.25, 0.3) is 0 Å². The van der Waals surface area contributed by atoms with E-state index in [1.54, 1.807) is 0 Å². The smallest absolute Gasteiger partial charge is 0.00669 e. The number of hydrogen-bond donors (Lipinski definition) is 1. The molecule has 0 aromatic heterocycles. The van der Waals surface area contributed by atoms with Crippen molar-refractivity contribution in [3.05, 3.63) is 0 Å². The Bertz CT molecular complexity index is 147. The predicted molar refractivity (Wildman–Crippen MR) is 68.1 cm³/mol. The third-order valence-corrected chi connectivity index (χ3v) is 3.78. The molecular formula is C14H29N. The van der Waals surface area contributed by atoms with Gasteiger partial charge in [0.15, 0.2) is 0 Å². The summed E-state index contributed by atoms with van der Waals surface area (Å²) in [5.74, 6) is 1.81. The lowest BCUT2D eigenvalue weighted by molar-refractivity contribution is 0.280. The van der Waals surface area contributed by atoms with E-state index in [9.17, 15) is 0 Å². The van der Waals surface area contributed by atoms with E-state index < -0.39 is 0 Å². The first-order valence-corrected chi connectivity index (χ1v) is 6.93. The normalized spacial score (nSPS) is 20.8. The van der Waals surface area contributed by atoms with Crippen LogP contribution in [0.2, 0.25) is 0 Å². The third kappa shape index (κ3) is 5.55. The highest BCUT2D eigenvalue weighted by molar-refractivity contribution is 4.75. The van der Waals surface area contributed by atoms with Crippen molar-refractivity contribution in [2.24, 2.45) is 11.8 Å². The summed E-state index contributed by atoms with van der Waals surface area (Å²) in [4.78, 5) is 0.